The summed E-state index contributed by atoms with van der Waals surface area (Å²) in [5.41, 5.74) is 6.58. The first-order valence-corrected chi connectivity index (χ1v) is 13.0. The molecule has 1 aliphatic heterocycles. The average molecular weight is 540 g/mol. The highest BCUT2D eigenvalue weighted by atomic mass is 32.1. The minimum Gasteiger partial charge on any atom is -0.443 e. The number of hydrogen-bond acceptors (Lipinski definition) is 7. The molecule has 6 rings (SSSR count). The van der Waals surface area contributed by atoms with Crippen LogP contribution in [0.4, 0.5) is 8.78 Å². The molecule has 1 aliphatic carbocycles. The Labute approximate surface area is 221 Å². The van der Waals surface area contributed by atoms with Crippen molar-refractivity contribution in [2.24, 2.45) is 17.6 Å². The number of fused-ring (bicyclic) bond motifs is 1. The SMILES string of the molecule is CC(C)(N)c1cc(-c2ccc(F)cc2F)[nH]c(=O)c1.Cc1nc(-c2ncco2)sc1C(=O)N1CC2CC2C1. The summed E-state index contributed by atoms with van der Waals surface area (Å²) in [5, 5.41) is 0.676. The third kappa shape index (κ3) is 5.44. The van der Waals surface area contributed by atoms with E-state index in [9.17, 15) is 18.4 Å². The average Bonchev–Trinajstić information content (AvgIpc) is 3.25. The fourth-order valence-electron chi connectivity index (χ4n) is 4.49. The van der Waals surface area contributed by atoms with Crippen molar-refractivity contribution < 1.29 is 18.0 Å². The molecule has 1 aromatic carbocycles. The molecule has 0 spiro atoms. The first kappa shape index (κ1) is 25.9. The number of halogens is 2. The second-order valence-corrected chi connectivity index (χ2v) is 11.2. The summed E-state index contributed by atoms with van der Waals surface area (Å²) in [4.78, 5) is 37.7. The number of benzene rings is 1. The van der Waals surface area contributed by atoms with E-state index in [4.69, 9.17) is 10.2 Å². The van der Waals surface area contributed by atoms with Gasteiger partial charge in [-0.15, -0.1) is 11.3 Å². The number of aromatic amines is 1. The molecule has 2 unspecified atom stereocenters. The highest BCUT2D eigenvalue weighted by Crippen LogP contribution is 2.45. The number of thiazole rings is 1. The zero-order chi connectivity index (χ0) is 27.2. The maximum atomic E-state index is 13.7. The van der Waals surface area contributed by atoms with E-state index in [0.717, 1.165) is 47.6 Å². The number of carbonyl (C=O) groups excluding carboxylic acids is 1. The number of nitrogens with zero attached hydrogens (tertiary/aromatic N) is 3. The van der Waals surface area contributed by atoms with Crippen molar-refractivity contribution in [3.8, 4) is 22.2 Å². The van der Waals surface area contributed by atoms with Crippen molar-refractivity contribution in [2.45, 2.75) is 32.7 Å². The van der Waals surface area contributed by atoms with Gasteiger partial charge in [0.2, 0.25) is 5.56 Å². The van der Waals surface area contributed by atoms with E-state index in [2.05, 4.69) is 15.0 Å². The number of piperidine rings is 1. The van der Waals surface area contributed by atoms with Crippen molar-refractivity contribution in [3.05, 3.63) is 80.9 Å². The third-order valence-electron chi connectivity index (χ3n) is 6.68. The summed E-state index contributed by atoms with van der Waals surface area (Å²) >= 11 is 1.37. The van der Waals surface area contributed by atoms with Crippen LogP contribution < -0.4 is 11.3 Å². The van der Waals surface area contributed by atoms with Gasteiger partial charge in [-0.3, -0.25) is 9.59 Å². The molecule has 11 heteroatoms. The lowest BCUT2D eigenvalue weighted by molar-refractivity contribution is 0.0779. The molecule has 2 fully saturated rings. The molecule has 0 bridgehead atoms. The Kier molecular flexibility index (Phi) is 6.74. The van der Waals surface area contributed by atoms with Crippen molar-refractivity contribution in [1.29, 1.82) is 0 Å². The number of likely N-dealkylation sites (tertiary alicyclic amines) is 1. The molecule has 2 aliphatic rings. The van der Waals surface area contributed by atoms with Gasteiger partial charge in [0.1, 0.15) is 22.8 Å². The number of hydrogen-bond donors (Lipinski definition) is 2. The Morgan fingerprint density at radius 2 is 1.95 bits per heavy atom. The number of oxazole rings is 1. The molecular formula is C27H27F2N5O3S. The van der Waals surface area contributed by atoms with E-state index in [1.54, 1.807) is 26.1 Å². The van der Waals surface area contributed by atoms with Crippen LogP contribution in [0.25, 0.3) is 22.2 Å². The Hall–Kier alpha value is -3.70. The van der Waals surface area contributed by atoms with Crippen molar-refractivity contribution in [3.63, 3.8) is 0 Å². The smallest absolute Gasteiger partial charge is 0.265 e. The van der Waals surface area contributed by atoms with Crippen molar-refractivity contribution in [1.82, 2.24) is 19.9 Å². The van der Waals surface area contributed by atoms with Gasteiger partial charge in [-0.1, -0.05) is 0 Å². The molecular weight excluding hydrogens is 512 g/mol. The maximum Gasteiger partial charge on any atom is 0.265 e. The van der Waals surface area contributed by atoms with Crippen LogP contribution in [-0.4, -0.2) is 38.8 Å². The highest BCUT2D eigenvalue weighted by molar-refractivity contribution is 7.17. The number of pyridine rings is 1. The number of nitrogens with one attached hydrogen (secondary N) is 1. The monoisotopic (exact) mass is 539 g/mol. The standard InChI is InChI=1S/C14H14F2N2O.C13H13N3O2S/c1-14(2,17)8-5-12(18-13(19)6-8)10-4-3-9(15)7-11(10)16;1-7-10(13(17)16-5-8-4-9(8)6-16)19-12(15-7)11-14-2-3-18-11/h3-7H,17H2,1-2H3,(H,18,19);2-3,8-9H,4-6H2,1H3. The molecule has 1 amide bonds. The zero-order valence-corrected chi connectivity index (χ0v) is 21.9. The van der Waals surface area contributed by atoms with Gasteiger partial charge in [0, 0.05) is 36.3 Å². The normalized spacial score (nSPS) is 18.1. The lowest BCUT2D eigenvalue weighted by Gasteiger charge is -2.19. The highest BCUT2D eigenvalue weighted by Gasteiger charge is 2.47. The Balaban J connectivity index is 0.000000155. The van der Waals surface area contributed by atoms with Crippen LogP contribution in [0.1, 0.15) is 41.2 Å². The lowest BCUT2D eigenvalue weighted by atomic mass is 9.95. The molecule has 198 valence electrons. The van der Waals surface area contributed by atoms with Crippen LogP contribution in [0, 0.1) is 30.4 Å². The van der Waals surface area contributed by atoms with Crippen LogP contribution in [0.2, 0.25) is 0 Å². The summed E-state index contributed by atoms with van der Waals surface area (Å²) < 4.78 is 31.8. The van der Waals surface area contributed by atoms with Gasteiger partial charge in [-0.2, -0.15) is 0 Å². The minimum absolute atomic E-state index is 0.111. The molecule has 2 atom stereocenters. The number of aryl methyl sites for hydroxylation is 1. The van der Waals surface area contributed by atoms with E-state index < -0.39 is 17.2 Å². The predicted octanol–water partition coefficient (Wildman–Crippen LogP) is 4.71. The number of nitrogens with two attached hydrogens (primary N) is 1. The van der Waals surface area contributed by atoms with Gasteiger partial charge in [-0.05, 0) is 62.8 Å². The quantitative estimate of drug-likeness (QED) is 0.388. The molecule has 4 heterocycles. The van der Waals surface area contributed by atoms with Gasteiger partial charge >= 0.3 is 0 Å². The number of carbonyl (C=O) groups is 1. The molecule has 3 N–H and O–H groups in total. The maximum absolute atomic E-state index is 13.7. The van der Waals surface area contributed by atoms with E-state index in [1.165, 1.54) is 36.2 Å². The van der Waals surface area contributed by atoms with Crippen LogP contribution in [0.15, 0.2) is 52.0 Å². The summed E-state index contributed by atoms with van der Waals surface area (Å²) in [5.74, 6) is 0.699. The van der Waals surface area contributed by atoms with Crippen molar-refractivity contribution >= 4 is 17.2 Å². The first-order chi connectivity index (χ1) is 18.0. The summed E-state index contributed by atoms with van der Waals surface area (Å²) in [6, 6.07) is 6.15. The number of amides is 1. The summed E-state index contributed by atoms with van der Waals surface area (Å²) in [6.45, 7) is 7.18. The fraction of sp³-hybridized carbons (Fsp3) is 0.333. The first-order valence-electron chi connectivity index (χ1n) is 12.2. The molecule has 0 radical (unpaired) electrons. The van der Waals surface area contributed by atoms with E-state index in [0.29, 0.717) is 16.5 Å². The zero-order valence-electron chi connectivity index (χ0n) is 21.1. The Bertz CT molecular complexity index is 1530. The molecule has 1 saturated heterocycles. The number of H-pyrrole nitrogens is 1. The van der Waals surface area contributed by atoms with Gasteiger partial charge < -0.3 is 20.0 Å². The lowest BCUT2D eigenvalue weighted by Crippen LogP contribution is -2.30. The van der Waals surface area contributed by atoms with Crippen LogP contribution in [-0.2, 0) is 5.54 Å². The van der Waals surface area contributed by atoms with Gasteiger partial charge in [0.25, 0.3) is 11.8 Å². The van der Waals surface area contributed by atoms with Gasteiger partial charge in [0.15, 0.2) is 5.01 Å². The summed E-state index contributed by atoms with van der Waals surface area (Å²) in [6.07, 6.45) is 4.40. The molecule has 8 nitrogen and oxygen atoms in total. The van der Waals surface area contributed by atoms with E-state index in [-0.39, 0.29) is 22.7 Å². The minimum atomic E-state index is -0.734. The van der Waals surface area contributed by atoms with Crippen molar-refractivity contribution in [2.75, 3.05) is 13.1 Å². The topological polar surface area (TPSA) is 118 Å². The molecule has 38 heavy (non-hydrogen) atoms. The van der Waals surface area contributed by atoms with Crippen LogP contribution in [0.5, 0.6) is 0 Å². The third-order valence-corrected chi connectivity index (χ3v) is 7.82. The van der Waals surface area contributed by atoms with Crippen LogP contribution in [0.3, 0.4) is 0 Å². The number of rotatable bonds is 4. The van der Waals surface area contributed by atoms with Crippen LogP contribution >= 0.6 is 11.3 Å². The Morgan fingerprint density at radius 3 is 2.58 bits per heavy atom. The predicted molar refractivity (Wildman–Crippen MR) is 139 cm³/mol. The molecule has 3 aromatic heterocycles. The molecule has 4 aromatic rings. The Morgan fingerprint density at radius 1 is 1.21 bits per heavy atom. The molecule has 1 saturated carbocycles. The van der Waals surface area contributed by atoms with E-state index >= 15 is 0 Å². The largest absolute Gasteiger partial charge is 0.443 e. The number of aromatic nitrogens is 3. The summed E-state index contributed by atoms with van der Waals surface area (Å²) in [7, 11) is 0. The second-order valence-electron chi connectivity index (χ2n) is 10.2. The fourth-order valence-corrected chi connectivity index (χ4v) is 5.47. The van der Waals surface area contributed by atoms with Gasteiger partial charge in [-0.25, -0.2) is 18.7 Å². The van der Waals surface area contributed by atoms with Gasteiger partial charge in [0.05, 0.1) is 17.6 Å². The van der Waals surface area contributed by atoms with E-state index in [1.807, 2.05) is 11.8 Å². The second kappa shape index (κ2) is 9.88.